The van der Waals surface area contributed by atoms with Gasteiger partial charge >= 0.3 is 0 Å². The van der Waals surface area contributed by atoms with Crippen molar-refractivity contribution in [2.24, 2.45) is 5.92 Å². The molecular weight excluding hydrogens is 765 g/mol. The zero-order valence-corrected chi connectivity index (χ0v) is 34.9. The van der Waals surface area contributed by atoms with Crippen molar-refractivity contribution in [1.29, 1.82) is 0 Å². The zero-order chi connectivity index (χ0) is 41.7. The van der Waals surface area contributed by atoms with E-state index in [1.165, 1.54) is 44.3 Å². The van der Waals surface area contributed by atoms with Crippen molar-refractivity contribution in [3.63, 3.8) is 0 Å². The van der Waals surface area contributed by atoms with Gasteiger partial charge in [0.1, 0.15) is 11.5 Å². The molecule has 0 fully saturated rings. The monoisotopic (exact) mass is 808 g/mol. The van der Waals surface area contributed by atoms with Gasteiger partial charge in [-0.3, -0.25) is 0 Å². The van der Waals surface area contributed by atoms with Crippen LogP contribution in [0.5, 0.6) is 11.5 Å². The third-order valence-corrected chi connectivity index (χ3v) is 13.0. The first-order valence-electron chi connectivity index (χ1n) is 22.1. The Bertz CT molecular complexity index is 3270. The third-order valence-electron chi connectivity index (χ3n) is 13.0. The normalized spacial score (nSPS) is 15.8. The largest absolute Gasteiger partial charge is 0.456 e. The van der Waals surface area contributed by atoms with Crippen LogP contribution >= 0.6 is 0 Å². The zero-order valence-electron chi connectivity index (χ0n) is 34.9. The van der Waals surface area contributed by atoms with Crippen LogP contribution < -0.4 is 14.5 Å². The summed E-state index contributed by atoms with van der Waals surface area (Å²) in [7, 11) is 0. The predicted molar refractivity (Wildman–Crippen MR) is 265 cm³/mol. The molecule has 0 spiro atoms. The molecule has 3 aliphatic carbocycles. The molecule has 0 aromatic heterocycles. The molecule has 0 saturated heterocycles. The van der Waals surface area contributed by atoms with Gasteiger partial charge in [-0.1, -0.05) is 158 Å². The van der Waals surface area contributed by atoms with E-state index in [0.717, 1.165) is 81.1 Å². The molecule has 300 valence electrons. The van der Waals surface area contributed by atoms with E-state index < -0.39 is 0 Å². The van der Waals surface area contributed by atoms with Crippen LogP contribution in [0.1, 0.15) is 24.8 Å². The van der Waals surface area contributed by atoms with Crippen molar-refractivity contribution in [1.82, 2.24) is 0 Å². The molecule has 1 heterocycles. The molecule has 0 N–H and O–H groups in total. The Labute approximate surface area is 368 Å². The molecule has 0 amide bonds. The molecule has 0 bridgehead atoms. The summed E-state index contributed by atoms with van der Waals surface area (Å²) in [6.45, 7) is 0. The van der Waals surface area contributed by atoms with E-state index >= 15 is 0 Å². The molecule has 1 aliphatic heterocycles. The highest BCUT2D eigenvalue weighted by atomic mass is 16.5. The third kappa shape index (κ3) is 6.44. The van der Waals surface area contributed by atoms with Gasteiger partial charge in [0.15, 0.2) is 0 Å². The van der Waals surface area contributed by atoms with Gasteiger partial charge in [-0.05, 0) is 130 Å². The standard InChI is InChI=1S/C60H44N2O/c1-3-19-45(20-4-1)61(46-21-5-2-6-22-46)55-39-40-58-59-53(55)27-13-28-54(59)60-56(29-14-30-57(60)63-58)62(47-35-31-43(32-36-47)51-25-11-17-41-15-7-9-23-49(41)51)48-37-33-44(34-38-48)52-26-12-18-42-16-8-10-24-50(42)52/h1,3-5,7-17,19-40,42H,2,6,18H2. The smallest absolute Gasteiger partial charge is 0.137 e. The summed E-state index contributed by atoms with van der Waals surface area (Å²) < 4.78 is 6.97. The average Bonchev–Trinajstić information content (AvgIpc) is 3.36. The van der Waals surface area contributed by atoms with Gasteiger partial charge in [-0.2, -0.15) is 0 Å². The van der Waals surface area contributed by atoms with Gasteiger partial charge in [-0.25, -0.2) is 0 Å². The Kier molecular flexibility index (Phi) is 9.11. The van der Waals surface area contributed by atoms with Crippen LogP contribution in [0.2, 0.25) is 0 Å². The first-order valence-corrected chi connectivity index (χ1v) is 22.1. The van der Waals surface area contributed by atoms with E-state index in [4.69, 9.17) is 4.74 Å². The summed E-state index contributed by atoms with van der Waals surface area (Å²) in [5.41, 5.74) is 15.2. The molecule has 4 aliphatic rings. The second kappa shape index (κ2) is 15.5. The number of para-hydroxylation sites is 1. The summed E-state index contributed by atoms with van der Waals surface area (Å²) in [6.07, 6.45) is 23.5. The Morgan fingerprint density at radius 2 is 1.21 bits per heavy atom. The Morgan fingerprint density at radius 1 is 0.476 bits per heavy atom. The second-order valence-electron chi connectivity index (χ2n) is 16.7. The molecular formula is C60H44N2O. The molecule has 3 heteroatoms. The van der Waals surface area contributed by atoms with Gasteiger partial charge < -0.3 is 14.5 Å². The number of hydrogen-bond donors (Lipinski definition) is 0. The summed E-state index contributed by atoms with van der Waals surface area (Å²) in [5, 5.41) is 4.74. The van der Waals surface area contributed by atoms with E-state index in [9.17, 15) is 0 Å². The molecule has 8 aromatic carbocycles. The molecule has 0 radical (unpaired) electrons. The van der Waals surface area contributed by atoms with Crippen molar-refractivity contribution in [2.75, 3.05) is 9.80 Å². The van der Waals surface area contributed by atoms with Crippen LogP contribution in [0.3, 0.4) is 0 Å². The van der Waals surface area contributed by atoms with Gasteiger partial charge in [0.2, 0.25) is 0 Å². The number of hydrogen-bond acceptors (Lipinski definition) is 3. The predicted octanol–water partition coefficient (Wildman–Crippen LogP) is 16.7. The first-order chi connectivity index (χ1) is 31.3. The highest BCUT2D eigenvalue weighted by molar-refractivity contribution is 6.12. The summed E-state index contributed by atoms with van der Waals surface area (Å²) >= 11 is 0. The van der Waals surface area contributed by atoms with Crippen LogP contribution in [0, 0.1) is 5.92 Å². The van der Waals surface area contributed by atoms with E-state index in [2.05, 4.69) is 234 Å². The minimum Gasteiger partial charge on any atom is -0.456 e. The average molecular weight is 809 g/mol. The van der Waals surface area contributed by atoms with Crippen molar-refractivity contribution in [2.45, 2.75) is 19.3 Å². The van der Waals surface area contributed by atoms with Crippen molar-refractivity contribution < 1.29 is 4.74 Å². The lowest BCUT2D eigenvalue weighted by atomic mass is 9.82. The summed E-state index contributed by atoms with van der Waals surface area (Å²) in [5.74, 6) is 2.13. The molecule has 1 unspecified atom stereocenters. The van der Waals surface area contributed by atoms with Crippen LogP contribution in [-0.2, 0) is 0 Å². The van der Waals surface area contributed by atoms with Crippen LogP contribution in [0.25, 0.3) is 49.4 Å². The van der Waals surface area contributed by atoms with E-state index in [0.29, 0.717) is 5.92 Å². The minimum atomic E-state index is 0.420. The second-order valence-corrected chi connectivity index (χ2v) is 16.7. The summed E-state index contributed by atoms with van der Waals surface area (Å²) in [4.78, 5) is 4.80. The Hall–Kier alpha value is -7.88. The van der Waals surface area contributed by atoms with Gasteiger partial charge in [0.25, 0.3) is 0 Å². The maximum absolute atomic E-state index is 6.97. The van der Waals surface area contributed by atoms with Crippen LogP contribution in [0.15, 0.2) is 236 Å². The van der Waals surface area contributed by atoms with E-state index in [-0.39, 0.29) is 0 Å². The lowest BCUT2D eigenvalue weighted by Gasteiger charge is -2.33. The lowest BCUT2D eigenvalue weighted by molar-refractivity contribution is 0.487. The molecule has 3 nitrogen and oxygen atoms in total. The number of allylic oxidation sites excluding steroid dienone is 11. The van der Waals surface area contributed by atoms with Crippen LogP contribution in [0.4, 0.5) is 28.4 Å². The highest BCUT2D eigenvalue weighted by Gasteiger charge is 2.29. The summed E-state index contributed by atoms with van der Waals surface area (Å²) in [6, 6.07) is 61.7. The van der Waals surface area contributed by atoms with Gasteiger partial charge in [-0.15, -0.1) is 0 Å². The topological polar surface area (TPSA) is 15.7 Å². The minimum absolute atomic E-state index is 0.420. The van der Waals surface area contributed by atoms with Crippen molar-refractivity contribution >= 4 is 55.6 Å². The number of anilines is 5. The maximum atomic E-state index is 6.97. The number of rotatable bonds is 8. The van der Waals surface area contributed by atoms with Gasteiger partial charge in [0, 0.05) is 45.0 Å². The Balaban J connectivity index is 1.03. The fraction of sp³-hybridized carbons (Fsp3) is 0.0667. The Morgan fingerprint density at radius 3 is 2.05 bits per heavy atom. The van der Waals surface area contributed by atoms with Crippen molar-refractivity contribution in [3.05, 3.63) is 241 Å². The van der Waals surface area contributed by atoms with E-state index in [1.807, 2.05) is 0 Å². The SMILES string of the molecule is C1=CC2=C(c3ccc(N(c4ccc(-c5cccc6ccccc56)cc4)c4cccc5c4-c4cccc6c(N(C7=CCCC=C7)c7ccccc7)ccc(c46)O5)cc3)C=CCC2C=C1. The molecule has 12 rings (SSSR count). The fourth-order valence-corrected chi connectivity index (χ4v) is 10.1. The fourth-order valence-electron chi connectivity index (χ4n) is 10.1. The van der Waals surface area contributed by atoms with Gasteiger partial charge in [0.05, 0.1) is 11.4 Å². The lowest BCUT2D eigenvalue weighted by Crippen LogP contribution is -2.17. The maximum Gasteiger partial charge on any atom is 0.137 e. The molecule has 0 saturated carbocycles. The molecule has 1 atom stereocenters. The number of benzene rings is 8. The number of fused-ring (bicyclic) bond motifs is 4. The molecule has 63 heavy (non-hydrogen) atoms. The first kappa shape index (κ1) is 36.9. The van der Waals surface area contributed by atoms with E-state index in [1.54, 1.807) is 0 Å². The number of nitrogens with zero attached hydrogens (tertiary/aromatic N) is 2. The quantitative estimate of drug-likeness (QED) is 0.152. The van der Waals surface area contributed by atoms with Crippen molar-refractivity contribution in [3.8, 4) is 33.8 Å². The van der Waals surface area contributed by atoms with Crippen LogP contribution in [-0.4, -0.2) is 0 Å². The number of ether oxygens (including phenoxy) is 1. The molecule has 8 aromatic rings. The highest BCUT2D eigenvalue weighted by Crippen LogP contribution is 2.55.